The molecule has 3 amide bonds. The molecule has 250 valence electrons. The third-order valence-corrected chi connectivity index (χ3v) is 8.92. The number of hydrogen-bond donors (Lipinski definition) is 7. The van der Waals surface area contributed by atoms with Gasteiger partial charge in [0.15, 0.2) is 0 Å². The predicted octanol–water partition coefficient (Wildman–Crippen LogP) is 3.59. The molecule has 0 spiro atoms. The van der Waals surface area contributed by atoms with E-state index in [1.54, 1.807) is 12.4 Å². The molecule has 5 rings (SSSR count). The van der Waals surface area contributed by atoms with Crippen LogP contribution >= 0.6 is 0 Å². The fourth-order valence-corrected chi connectivity index (χ4v) is 5.83. The summed E-state index contributed by atoms with van der Waals surface area (Å²) in [4.78, 5) is 59.9. The number of H-pyrrole nitrogens is 2. The molecule has 0 aliphatic heterocycles. The zero-order valence-corrected chi connectivity index (χ0v) is 27.0. The Morgan fingerprint density at radius 2 is 1.12 bits per heavy atom. The summed E-state index contributed by atoms with van der Waals surface area (Å²) in [5.41, 5.74) is 10.3. The van der Waals surface area contributed by atoms with Crippen LogP contribution in [-0.4, -0.2) is 62.9 Å². The predicted molar refractivity (Wildman–Crippen MR) is 185 cm³/mol. The van der Waals surface area contributed by atoms with Crippen LogP contribution < -0.4 is 21.7 Å². The number of nitrogens with two attached hydrogens (primary N) is 1. The van der Waals surface area contributed by atoms with Crippen LogP contribution in [0.2, 0.25) is 0 Å². The van der Waals surface area contributed by atoms with Crippen molar-refractivity contribution in [3.05, 3.63) is 108 Å². The number of amides is 3. The lowest BCUT2D eigenvalue weighted by Crippen LogP contribution is -2.58. The van der Waals surface area contributed by atoms with Gasteiger partial charge in [-0.05, 0) is 34.7 Å². The van der Waals surface area contributed by atoms with Gasteiger partial charge in [-0.25, -0.2) is 4.79 Å². The number of hydrogen-bond acceptors (Lipinski definition) is 5. The van der Waals surface area contributed by atoms with Crippen molar-refractivity contribution < 1.29 is 24.3 Å². The maximum atomic E-state index is 14.1. The molecule has 0 fully saturated rings. The fraction of sp³-hybridized carbons (Fsp3) is 0.297. The largest absolute Gasteiger partial charge is 0.480 e. The molecule has 0 bridgehead atoms. The van der Waals surface area contributed by atoms with Crippen molar-refractivity contribution in [2.24, 2.45) is 11.7 Å². The molecular formula is C37H42N6O5. The molecule has 5 aromatic rings. The van der Waals surface area contributed by atoms with Gasteiger partial charge >= 0.3 is 5.97 Å². The molecule has 2 aromatic heterocycles. The summed E-state index contributed by atoms with van der Waals surface area (Å²) in [6.07, 6.45) is 4.46. The highest BCUT2D eigenvalue weighted by molar-refractivity contribution is 5.95. The molecule has 0 saturated heterocycles. The van der Waals surface area contributed by atoms with E-state index in [1.807, 2.05) is 92.7 Å². The van der Waals surface area contributed by atoms with Gasteiger partial charge in [0, 0.05) is 53.5 Å². The summed E-state index contributed by atoms with van der Waals surface area (Å²) in [6.45, 7) is 3.80. The molecule has 11 nitrogen and oxygen atoms in total. The number of nitrogens with one attached hydrogen (secondary N) is 5. The molecule has 8 N–H and O–H groups in total. The lowest BCUT2D eigenvalue weighted by molar-refractivity contribution is -0.142. The average Bonchev–Trinajstić information content (AvgIpc) is 3.70. The molecule has 5 unspecified atom stereocenters. The highest BCUT2D eigenvalue weighted by Crippen LogP contribution is 2.21. The van der Waals surface area contributed by atoms with Crippen LogP contribution in [0.5, 0.6) is 0 Å². The van der Waals surface area contributed by atoms with E-state index in [2.05, 4.69) is 25.9 Å². The van der Waals surface area contributed by atoms with Crippen LogP contribution in [-0.2, 0) is 38.4 Å². The van der Waals surface area contributed by atoms with Crippen LogP contribution in [0.4, 0.5) is 0 Å². The zero-order valence-electron chi connectivity index (χ0n) is 27.0. The molecule has 48 heavy (non-hydrogen) atoms. The van der Waals surface area contributed by atoms with Crippen molar-refractivity contribution in [3.63, 3.8) is 0 Å². The summed E-state index contributed by atoms with van der Waals surface area (Å²) in [6, 6.07) is 20.0. The van der Waals surface area contributed by atoms with Gasteiger partial charge in [-0.2, -0.15) is 0 Å². The number of aromatic amines is 2. The lowest BCUT2D eigenvalue weighted by atomic mass is 9.97. The normalized spacial score (nSPS) is 14.5. The Bertz CT molecular complexity index is 1880. The first kappa shape index (κ1) is 33.9. The minimum absolute atomic E-state index is 0.0316. The van der Waals surface area contributed by atoms with E-state index in [0.717, 1.165) is 38.5 Å². The molecule has 5 atom stereocenters. The Morgan fingerprint density at radius 1 is 0.667 bits per heavy atom. The number of benzene rings is 3. The minimum Gasteiger partial charge on any atom is -0.480 e. The summed E-state index contributed by atoms with van der Waals surface area (Å²) in [5.74, 6) is -3.05. The maximum Gasteiger partial charge on any atom is 0.326 e. The highest BCUT2D eigenvalue weighted by atomic mass is 16.4. The van der Waals surface area contributed by atoms with E-state index >= 15 is 0 Å². The Hall–Kier alpha value is -5.42. The molecular weight excluding hydrogens is 608 g/mol. The van der Waals surface area contributed by atoms with E-state index in [4.69, 9.17) is 5.73 Å². The first-order chi connectivity index (χ1) is 23.1. The van der Waals surface area contributed by atoms with Gasteiger partial charge in [0.25, 0.3) is 0 Å². The second-order valence-electron chi connectivity index (χ2n) is 12.3. The zero-order chi connectivity index (χ0) is 34.2. The molecule has 3 aromatic carbocycles. The van der Waals surface area contributed by atoms with E-state index in [9.17, 15) is 24.3 Å². The molecule has 11 heteroatoms. The Labute approximate surface area is 278 Å². The molecule has 2 heterocycles. The van der Waals surface area contributed by atoms with Crippen molar-refractivity contribution in [2.45, 2.75) is 63.7 Å². The summed E-state index contributed by atoms with van der Waals surface area (Å²) in [7, 11) is 0. The number of carboxylic acid groups (broad SMARTS) is 1. The number of carbonyl (C=O) groups excluding carboxylic acids is 3. The average molecular weight is 651 g/mol. The SMILES string of the molecule is CCC(C)C(N)C(=O)NC(Cc1c[nH]c2ccccc12)C(=O)NC(Cc1ccccc1)C(=O)NC(Cc1c[nH]c2ccccc12)C(=O)O. The van der Waals surface area contributed by atoms with Gasteiger partial charge < -0.3 is 36.8 Å². The quantitative estimate of drug-likeness (QED) is 0.0909. The Morgan fingerprint density at radius 3 is 1.67 bits per heavy atom. The van der Waals surface area contributed by atoms with Crippen LogP contribution in [0, 0.1) is 5.92 Å². The number of carbonyl (C=O) groups is 4. The van der Waals surface area contributed by atoms with Crippen LogP contribution in [0.15, 0.2) is 91.3 Å². The van der Waals surface area contributed by atoms with Crippen molar-refractivity contribution in [2.75, 3.05) is 0 Å². The summed E-state index contributed by atoms with van der Waals surface area (Å²) >= 11 is 0. The second kappa shape index (κ2) is 15.4. The van der Waals surface area contributed by atoms with E-state index < -0.39 is 47.9 Å². The first-order valence-electron chi connectivity index (χ1n) is 16.2. The number of para-hydroxylation sites is 2. The topological polar surface area (TPSA) is 182 Å². The summed E-state index contributed by atoms with van der Waals surface area (Å²) < 4.78 is 0. The number of fused-ring (bicyclic) bond motifs is 2. The molecule has 0 radical (unpaired) electrons. The third-order valence-electron chi connectivity index (χ3n) is 8.92. The van der Waals surface area contributed by atoms with Gasteiger partial charge in [-0.3, -0.25) is 14.4 Å². The van der Waals surface area contributed by atoms with Crippen molar-refractivity contribution in [1.29, 1.82) is 0 Å². The Balaban J connectivity index is 1.40. The number of rotatable bonds is 15. The third kappa shape index (κ3) is 8.10. The minimum atomic E-state index is -1.26. The monoisotopic (exact) mass is 650 g/mol. The summed E-state index contributed by atoms with van der Waals surface area (Å²) in [5, 5.41) is 20.2. The number of aliphatic carboxylic acids is 1. The van der Waals surface area contributed by atoms with Crippen molar-refractivity contribution in [1.82, 2.24) is 25.9 Å². The van der Waals surface area contributed by atoms with E-state index in [1.165, 1.54) is 0 Å². The van der Waals surface area contributed by atoms with Gasteiger partial charge in [0.2, 0.25) is 17.7 Å². The lowest BCUT2D eigenvalue weighted by Gasteiger charge is -2.26. The Kier molecular flexibility index (Phi) is 10.9. The van der Waals surface area contributed by atoms with Gasteiger partial charge in [-0.15, -0.1) is 0 Å². The van der Waals surface area contributed by atoms with Crippen molar-refractivity contribution in [3.8, 4) is 0 Å². The number of aromatic nitrogens is 2. The molecule has 0 aliphatic rings. The van der Waals surface area contributed by atoms with Crippen LogP contribution in [0.1, 0.15) is 37.0 Å². The fourth-order valence-electron chi connectivity index (χ4n) is 5.83. The molecule has 0 aliphatic carbocycles. The van der Waals surface area contributed by atoms with Crippen molar-refractivity contribution >= 4 is 45.5 Å². The second-order valence-corrected chi connectivity index (χ2v) is 12.3. The standard InChI is InChI=1S/C37H42N6O5/c1-3-22(2)33(38)36(46)42-31(18-24-20-39-28-15-9-7-13-26(24)28)35(45)41-30(17-23-11-5-4-6-12-23)34(44)43-32(37(47)48)19-25-21-40-29-16-10-8-14-27(25)29/h4-16,20-22,30-33,39-40H,3,17-19,38H2,1-2H3,(H,41,45)(H,42,46)(H,43,44)(H,47,48). The van der Waals surface area contributed by atoms with E-state index in [0.29, 0.717) is 6.42 Å². The highest BCUT2D eigenvalue weighted by Gasteiger charge is 2.32. The van der Waals surface area contributed by atoms with E-state index in [-0.39, 0.29) is 25.2 Å². The van der Waals surface area contributed by atoms with Gasteiger partial charge in [-0.1, -0.05) is 87.0 Å². The molecule has 0 saturated carbocycles. The maximum absolute atomic E-state index is 14.1. The van der Waals surface area contributed by atoms with Crippen LogP contribution in [0.25, 0.3) is 21.8 Å². The van der Waals surface area contributed by atoms with Crippen LogP contribution in [0.3, 0.4) is 0 Å². The first-order valence-corrected chi connectivity index (χ1v) is 16.2. The smallest absolute Gasteiger partial charge is 0.326 e. The number of carboxylic acids is 1. The van der Waals surface area contributed by atoms with Gasteiger partial charge in [0.1, 0.15) is 18.1 Å². The van der Waals surface area contributed by atoms with Gasteiger partial charge in [0.05, 0.1) is 6.04 Å².